The highest BCUT2D eigenvalue weighted by molar-refractivity contribution is 5.44. The van der Waals surface area contributed by atoms with Gasteiger partial charge in [0.25, 0.3) is 0 Å². The van der Waals surface area contributed by atoms with Crippen molar-refractivity contribution in [3.63, 3.8) is 0 Å². The van der Waals surface area contributed by atoms with E-state index in [1.54, 1.807) is 5.56 Å². The van der Waals surface area contributed by atoms with Gasteiger partial charge in [-0.05, 0) is 29.5 Å². The molecular formula is C19H21N. The number of benzene rings is 2. The minimum absolute atomic E-state index is 0.360. The first-order valence-electron chi connectivity index (χ1n) is 7.77. The Labute approximate surface area is 121 Å². The summed E-state index contributed by atoms with van der Waals surface area (Å²) in [6, 6.07) is 20.3. The van der Waals surface area contributed by atoms with E-state index in [0.29, 0.717) is 11.5 Å². The van der Waals surface area contributed by atoms with Gasteiger partial charge in [-0.3, -0.25) is 0 Å². The van der Waals surface area contributed by atoms with Crippen LogP contribution in [0.25, 0.3) is 0 Å². The first kappa shape index (κ1) is 12.2. The molecule has 0 saturated heterocycles. The lowest BCUT2D eigenvalue weighted by atomic mass is 9.72. The summed E-state index contributed by atoms with van der Waals surface area (Å²) in [5.41, 5.74) is 4.88. The first-order valence-corrected chi connectivity index (χ1v) is 7.77. The van der Waals surface area contributed by atoms with E-state index in [2.05, 4.69) is 59.9 Å². The van der Waals surface area contributed by atoms with Crippen LogP contribution in [-0.4, -0.2) is 6.54 Å². The molecule has 1 aliphatic heterocycles. The van der Waals surface area contributed by atoms with Crippen LogP contribution < -0.4 is 5.32 Å². The van der Waals surface area contributed by atoms with Gasteiger partial charge in [-0.2, -0.15) is 0 Å². The lowest BCUT2D eigenvalue weighted by Crippen LogP contribution is -2.44. The first-order chi connectivity index (χ1) is 9.89. The molecule has 1 aliphatic carbocycles. The molecule has 0 radical (unpaired) electrons. The molecule has 1 spiro atoms. The summed E-state index contributed by atoms with van der Waals surface area (Å²) in [7, 11) is 0. The molecule has 0 aromatic heterocycles. The van der Waals surface area contributed by atoms with Crippen LogP contribution in [0.5, 0.6) is 0 Å². The third-order valence-electron chi connectivity index (χ3n) is 5.18. The molecule has 1 fully saturated rings. The van der Waals surface area contributed by atoms with Crippen LogP contribution in [0.1, 0.15) is 48.4 Å². The fourth-order valence-corrected chi connectivity index (χ4v) is 4.18. The predicted molar refractivity (Wildman–Crippen MR) is 82.9 cm³/mol. The Bertz CT molecular complexity index is 596. The van der Waals surface area contributed by atoms with Gasteiger partial charge < -0.3 is 5.32 Å². The molecule has 0 bridgehead atoms. The van der Waals surface area contributed by atoms with Gasteiger partial charge >= 0.3 is 0 Å². The highest BCUT2D eigenvalue weighted by Crippen LogP contribution is 2.46. The molecule has 2 aliphatic rings. The lowest BCUT2D eigenvalue weighted by Gasteiger charge is -2.40. The van der Waals surface area contributed by atoms with Crippen LogP contribution in [0, 0.1) is 0 Å². The lowest BCUT2D eigenvalue weighted by molar-refractivity contribution is 0.357. The van der Waals surface area contributed by atoms with Gasteiger partial charge in [-0.1, -0.05) is 67.4 Å². The van der Waals surface area contributed by atoms with Gasteiger partial charge in [-0.15, -0.1) is 0 Å². The Kier molecular flexibility index (Phi) is 2.89. The molecule has 1 saturated carbocycles. The van der Waals surface area contributed by atoms with Crippen LogP contribution in [0.2, 0.25) is 0 Å². The predicted octanol–water partition coefficient (Wildman–Crippen LogP) is 4.19. The van der Waals surface area contributed by atoms with Gasteiger partial charge in [0, 0.05) is 12.0 Å². The maximum atomic E-state index is 3.82. The molecule has 1 nitrogen and oxygen atoms in total. The van der Waals surface area contributed by atoms with E-state index in [-0.39, 0.29) is 0 Å². The maximum Gasteiger partial charge on any atom is 0.0579 e. The molecule has 4 rings (SSSR count). The fourth-order valence-electron chi connectivity index (χ4n) is 4.18. The Morgan fingerprint density at radius 1 is 0.850 bits per heavy atom. The van der Waals surface area contributed by atoms with Crippen LogP contribution in [-0.2, 0) is 5.41 Å². The van der Waals surface area contributed by atoms with Crippen LogP contribution in [0.4, 0.5) is 0 Å². The second kappa shape index (κ2) is 4.75. The van der Waals surface area contributed by atoms with E-state index >= 15 is 0 Å². The number of hydrogen-bond donors (Lipinski definition) is 1. The van der Waals surface area contributed by atoms with Gasteiger partial charge in [0.15, 0.2) is 0 Å². The molecule has 1 N–H and O–H groups in total. The third-order valence-corrected chi connectivity index (χ3v) is 5.18. The van der Waals surface area contributed by atoms with E-state index < -0.39 is 0 Å². The minimum atomic E-state index is 0.360. The molecule has 2 aromatic carbocycles. The summed E-state index contributed by atoms with van der Waals surface area (Å²) in [5, 5.41) is 3.82. The van der Waals surface area contributed by atoms with Crippen molar-refractivity contribution in [3.8, 4) is 0 Å². The normalized spacial score (nSPS) is 23.7. The van der Waals surface area contributed by atoms with Gasteiger partial charge in [0.05, 0.1) is 6.04 Å². The topological polar surface area (TPSA) is 12.0 Å². The number of nitrogens with one attached hydrogen (secondary N) is 1. The zero-order chi connectivity index (χ0) is 13.4. The summed E-state index contributed by atoms with van der Waals surface area (Å²) in [6.45, 7) is 1.13. The van der Waals surface area contributed by atoms with E-state index in [0.717, 1.165) is 6.54 Å². The Balaban J connectivity index is 1.82. The highest BCUT2D eigenvalue weighted by Gasteiger charge is 2.41. The SMILES string of the molecule is c1ccc([C@H]2NCC3(CCCC3)c3ccccc32)cc1. The van der Waals surface area contributed by atoms with Gasteiger partial charge in [0.2, 0.25) is 0 Å². The van der Waals surface area contributed by atoms with Crippen molar-refractivity contribution >= 4 is 0 Å². The van der Waals surface area contributed by atoms with Crippen LogP contribution in [0.3, 0.4) is 0 Å². The Morgan fingerprint density at radius 3 is 2.35 bits per heavy atom. The smallest absolute Gasteiger partial charge is 0.0579 e. The Morgan fingerprint density at radius 2 is 1.55 bits per heavy atom. The molecule has 1 heteroatoms. The van der Waals surface area contributed by atoms with Crippen molar-refractivity contribution < 1.29 is 0 Å². The molecule has 1 atom stereocenters. The molecule has 0 amide bonds. The number of hydrogen-bond acceptors (Lipinski definition) is 1. The standard InChI is InChI=1S/C19H21N/c1-2-8-15(9-3-1)18-16-10-4-5-11-17(16)19(14-20-18)12-6-7-13-19/h1-5,8-11,18,20H,6-7,12-14H2/t18-/m1/s1. The summed E-state index contributed by atoms with van der Waals surface area (Å²) >= 11 is 0. The van der Waals surface area contributed by atoms with Crippen LogP contribution in [0.15, 0.2) is 54.6 Å². The molecule has 1 heterocycles. The van der Waals surface area contributed by atoms with E-state index in [9.17, 15) is 0 Å². The summed E-state index contributed by atoms with van der Waals surface area (Å²) < 4.78 is 0. The zero-order valence-corrected chi connectivity index (χ0v) is 11.8. The highest BCUT2D eigenvalue weighted by atomic mass is 14.9. The van der Waals surface area contributed by atoms with E-state index in [1.807, 2.05) is 0 Å². The van der Waals surface area contributed by atoms with Crippen molar-refractivity contribution in [2.75, 3.05) is 6.54 Å². The van der Waals surface area contributed by atoms with Crippen molar-refractivity contribution in [1.29, 1.82) is 0 Å². The largest absolute Gasteiger partial charge is 0.305 e. The van der Waals surface area contributed by atoms with Crippen molar-refractivity contribution in [2.45, 2.75) is 37.1 Å². The fraction of sp³-hybridized carbons (Fsp3) is 0.368. The van der Waals surface area contributed by atoms with E-state index in [1.165, 1.54) is 36.8 Å². The second-order valence-corrected chi connectivity index (χ2v) is 6.30. The average Bonchev–Trinajstić information content (AvgIpc) is 2.98. The Hall–Kier alpha value is -1.60. The maximum absolute atomic E-state index is 3.82. The summed E-state index contributed by atoms with van der Waals surface area (Å²) in [6.07, 6.45) is 5.45. The summed E-state index contributed by atoms with van der Waals surface area (Å²) in [5.74, 6) is 0. The molecule has 20 heavy (non-hydrogen) atoms. The summed E-state index contributed by atoms with van der Waals surface area (Å²) in [4.78, 5) is 0. The number of fused-ring (bicyclic) bond motifs is 2. The van der Waals surface area contributed by atoms with Crippen molar-refractivity contribution in [3.05, 3.63) is 71.3 Å². The molecule has 0 unspecified atom stereocenters. The third kappa shape index (κ3) is 1.81. The van der Waals surface area contributed by atoms with Crippen molar-refractivity contribution in [1.82, 2.24) is 5.32 Å². The van der Waals surface area contributed by atoms with Gasteiger partial charge in [-0.25, -0.2) is 0 Å². The number of rotatable bonds is 1. The second-order valence-electron chi connectivity index (χ2n) is 6.30. The molecule has 2 aromatic rings. The minimum Gasteiger partial charge on any atom is -0.305 e. The zero-order valence-electron chi connectivity index (χ0n) is 11.8. The van der Waals surface area contributed by atoms with E-state index in [4.69, 9.17) is 0 Å². The van der Waals surface area contributed by atoms with Gasteiger partial charge in [0.1, 0.15) is 0 Å². The monoisotopic (exact) mass is 263 g/mol. The molecule has 102 valence electrons. The molecular weight excluding hydrogens is 242 g/mol. The van der Waals surface area contributed by atoms with Crippen molar-refractivity contribution in [2.24, 2.45) is 0 Å². The van der Waals surface area contributed by atoms with Crippen LogP contribution >= 0.6 is 0 Å². The average molecular weight is 263 g/mol. The quantitative estimate of drug-likeness (QED) is 0.813.